The number of carboxylic acids is 1. The second-order valence-electron chi connectivity index (χ2n) is 2.79. The molecule has 1 rings (SSSR count). The number of aromatic nitrogens is 1. The molecule has 1 N–H and O–H groups in total. The van der Waals surface area contributed by atoms with Gasteiger partial charge in [-0.1, -0.05) is 0 Å². The zero-order valence-electron chi connectivity index (χ0n) is 7.64. The van der Waals surface area contributed by atoms with Crippen LogP contribution < -0.4 is 0 Å². The maximum Gasteiger partial charge on any atom is 0.338 e. The van der Waals surface area contributed by atoms with E-state index in [1.165, 1.54) is 13.8 Å². The molecule has 0 unspecified atom stereocenters. The van der Waals surface area contributed by atoms with Crippen LogP contribution in [-0.2, 0) is 0 Å². The van der Waals surface area contributed by atoms with Crippen molar-refractivity contribution in [3.05, 3.63) is 33.1 Å². The van der Waals surface area contributed by atoms with Gasteiger partial charge in [0.05, 0.1) is 16.2 Å². The quantitative estimate of drug-likeness (QED) is 0.568. The van der Waals surface area contributed by atoms with Gasteiger partial charge in [-0.15, -0.1) is 0 Å². The summed E-state index contributed by atoms with van der Waals surface area (Å²) in [6.07, 6.45) is 1.07. The van der Waals surface area contributed by atoms with Gasteiger partial charge in [0, 0.05) is 5.56 Å². The smallest absolute Gasteiger partial charge is 0.338 e. The minimum Gasteiger partial charge on any atom is -0.478 e. The molecule has 1 aromatic heterocycles. The van der Waals surface area contributed by atoms with E-state index in [1.807, 2.05) is 0 Å². The van der Waals surface area contributed by atoms with Crippen molar-refractivity contribution in [2.75, 3.05) is 0 Å². The molecule has 14 heavy (non-hydrogen) atoms. The monoisotopic (exact) mass is 196 g/mol. The molecule has 0 aliphatic carbocycles. The van der Waals surface area contributed by atoms with Gasteiger partial charge in [-0.05, 0) is 13.8 Å². The Balaban J connectivity index is 3.49. The molecule has 0 spiro atoms. The first-order valence-electron chi connectivity index (χ1n) is 3.79. The maximum atomic E-state index is 10.8. The van der Waals surface area contributed by atoms with Crippen molar-refractivity contribution in [2.45, 2.75) is 13.8 Å². The van der Waals surface area contributed by atoms with Gasteiger partial charge < -0.3 is 5.11 Å². The third kappa shape index (κ3) is 1.54. The van der Waals surface area contributed by atoms with E-state index < -0.39 is 10.9 Å². The molecule has 6 nitrogen and oxygen atoms in total. The van der Waals surface area contributed by atoms with Crippen molar-refractivity contribution in [3.8, 4) is 0 Å². The van der Waals surface area contributed by atoms with E-state index in [4.69, 9.17) is 5.11 Å². The fourth-order valence-electron chi connectivity index (χ4n) is 1.22. The molecule has 0 radical (unpaired) electrons. The minimum absolute atomic E-state index is 0.0980. The first kappa shape index (κ1) is 10.1. The summed E-state index contributed by atoms with van der Waals surface area (Å²) in [5.74, 6) is -1.20. The number of aromatic carboxylic acids is 1. The van der Waals surface area contributed by atoms with E-state index in [2.05, 4.69) is 4.98 Å². The third-order valence-corrected chi connectivity index (χ3v) is 1.91. The van der Waals surface area contributed by atoms with Gasteiger partial charge in [-0.3, -0.25) is 15.1 Å². The Morgan fingerprint density at radius 2 is 2.14 bits per heavy atom. The number of carboxylic acid groups (broad SMARTS) is 1. The van der Waals surface area contributed by atoms with Gasteiger partial charge in [-0.2, -0.15) is 0 Å². The van der Waals surface area contributed by atoms with Crippen molar-refractivity contribution in [3.63, 3.8) is 0 Å². The highest BCUT2D eigenvalue weighted by Crippen LogP contribution is 2.21. The van der Waals surface area contributed by atoms with Crippen LogP contribution in [0.5, 0.6) is 0 Å². The molecule has 0 bridgehead atoms. The van der Waals surface area contributed by atoms with E-state index in [0.29, 0.717) is 0 Å². The third-order valence-electron chi connectivity index (χ3n) is 1.91. The van der Waals surface area contributed by atoms with Crippen LogP contribution in [0.3, 0.4) is 0 Å². The predicted molar refractivity (Wildman–Crippen MR) is 47.3 cm³/mol. The Kier molecular flexibility index (Phi) is 2.46. The highest BCUT2D eigenvalue weighted by Gasteiger charge is 2.20. The summed E-state index contributed by atoms with van der Waals surface area (Å²) >= 11 is 0. The normalized spacial score (nSPS) is 9.86. The van der Waals surface area contributed by atoms with Gasteiger partial charge in [-0.25, -0.2) is 4.79 Å². The number of hydrogen-bond acceptors (Lipinski definition) is 4. The molecule has 0 saturated carbocycles. The number of nitro groups is 1. The van der Waals surface area contributed by atoms with Crippen LogP contribution >= 0.6 is 0 Å². The van der Waals surface area contributed by atoms with Crippen molar-refractivity contribution in [1.29, 1.82) is 0 Å². The Labute approximate surface area is 79.4 Å². The number of hydrogen-bond donors (Lipinski definition) is 1. The molecule has 0 saturated heterocycles. The summed E-state index contributed by atoms with van der Waals surface area (Å²) in [5, 5.41) is 19.3. The lowest BCUT2D eigenvalue weighted by atomic mass is 10.1. The predicted octanol–water partition coefficient (Wildman–Crippen LogP) is 1.30. The van der Waals surface area contributed by atoms with Gasteiger partial charge in [0.1, 0.15) is 6.20 Å². The Morgan fingerprint density at radius 3 is 2.57 bits per heavy atom. The fourth-order valence-corrected chi connectivity index (χ4v) is 1.22. The molecule has 1 aromatic rings. The minimum atomic E-state index is -1.20. The molecule has 0 aromatic carbocycles. The lowest BCUT2D eigenvalue weighted by Gasteiger charge is -2.03. The van der Waals surface area contributed by atoms with Crippen molar-refractivity contribution in [2.24, 2.45) is 0 Å². The van der Waals surface area contributed by atoms with E-state index in [0.717, 1.165) is 6.20 Å². The zero-order valence-corrected chi connectivity index (χ0v) is 7.64. The van der Waals surface area contributed by atoms with Crippen molar-refractivity contribution in [1.82, 2.24) is 4.98 Å². The Hall–Kier alpha value is -1.98. The molecule has 0 aliphatic heterocycles. The summed E-state index contributed by atoms with van der Waals surface area (Å²) in [4.78, 5) is 24.3. The summed E-state index contributed by atoms with van der Waals surface area (Å²) in [6, 6.07) is 0. The zero-order chi connectivity index (χ0) is 10.9. The summed E-state index contributed by atoms with van der Waals surface area (Å²) in [5.41, 5.74) is 0.0443. The molecule has 1 heterocycles. The maximum absolute atomic E-state index is 10.8. The van der Waals surface area contributed by atoms with E-state index >= 15 is 0 Å². The SMILES string of the molecule is Cc1ncc([N+](=O)[O-])c(C)c1C(=O)O. The van der Waals surface area contributed by atoms with E-state index in [1.54, 1.807) is 0 Å². The van der Waals surface area contributed by atoms with Crippen molar-refractivity contribution < 1.29 is 14.8 Å². The number of nitrogens with zero attached hydrogens (tertiary/aromatic N) is 2. The van der Waals surface area contributed by atoms with Crippen LogP contribution in [-0.4, -0.2) is 21.0 Å². The second-order valence-corrected chi connectivity index (χ2v) is 2.79. The van der Waals surface area contributed by atoms with Crippen LogP contribution in [0.15, 0.2) is 6.20 Å². The molecular weight excluding hydrogens is 188 g/mol. The lowest BCUT2D eigenvalue weighted by molar-refractivity contribution is -0.385. The first-order valence-corrected chi connectivity index (χ1v) is 3.79. The molecule has 0 amide bonds. The number of pyridine rings is 1. The summed E-state index contributed by atoms with van der Waals surface area (Å²) < 4.78 is 0. The summed E-state index contributed by atoms with van der Waals surface area (Å²) in [7, 11) is 0. The largest absolute Gasteiger partial charge is 0.478 e. The number of aryl methyl sites for hydroxylation is 1. The topological polar surface area (TPSA) is 93.3 Å². The number of rotatable bonds is 2. The Morgan fingerprint density at radius 1 is 1.57 bits per heavy atom. The van der Waals surface area contributed by atoms with Gasteiger partial charge in [0.2, 0.25) is 0 Å². The molecular formula is C8H8N2O4. The standard InChI is InChI=1S/C8H8N2O4/c1-4-6(10(13)14)3-9-5(2)7(4)8(11)12/h3H,1-2H3,(H,11,12). The number of carbonyl (C=O) groups is 1. The molecule has 0 aliphatic rings. The average Bonchev–Trinajstić information content (AvgIpc) is 2.02. The van der Waals surface area contributed by atoms with Crippen LogP contribution in [0.1, 0.15) is 21.6 Å². The summed E-state index contributed by atoms with van der Waals surface area (Å²) in [6.45, 7) is 2.90. The fraction of sp³-hybridized carbons (Fsp3) is 0.250. The highest BCUT2D eigenvalue weighted by molar-refractivity contribution is 5.91. The molecule has 0 atom stereocenters. The first-order chi connectivity index (χ1) is 6.45. The Bertz CT molecular complexity index is 414. The van der Waals surface area contributed by atoms with E-state index in [-0.39, 0.29) is 22.5 Å². The van der Waals surface area contributed by atoms with Gasteiger partial charge >= 0.3 is 5.97 Å². The second kappa shape index (κ2) is 3.41. The van der Waals surface area contributed by atoms with Crippen LogP contribution in [0.25, 0.3) is 0 Å². The molecule has 0 fully saturated rings. The van der Waals surface area contributed by atoms with Crippen LogP contribution in [0, 0.1) is 24.0 Å². The van der Waals surface area contributed by atoms with Crippen molar-refractivity contribution >= 4 is 11.7 Å². The van der Waals surface area contributed by atoms with Crippen LogP contribution in [0.4, 0.5) is 5.69 Å². The van der Waals surface area contributed by atoms with E-state index in [9.17, 15) is 14.9 Å². The molecule has 74 valence electrons. The van der Waals surface area contributed by atoms with Gasteiger partial charge in [0.25, 0.3) is 5.69 Å². The molecule has 6 heteroatoms. The lowest BCUT2D eigenvalue weighted by Crippen LogP contribution is -2.07. The van der Waals surface area contributed by atoms with Gasteiger partial charge in [0.15, 0.2) is 0 Å². The highest BCUT2D eigenvalue weighted by atomic mass is 16.6. The average molecular weight is 196 g/mol. The van der Waals surface area contributed by atoms with Crippen LogP contribution in [0.2, 0.25) is 0 Å².